The standard InChI is InChI=1S/C36H37N7O7/c1-16(2)26(44)30(46)37-22-14-18-11-12-24-20(13-18)36(19-9-7-8-10-21(19)39-34(36)49-24)28-25(32-38-23(15-47-32)31-43-42-17(3)48-31)40-33(50-28)27(35(4,5)6)41-29(22)45/h7-13,15-16,22,26-27,34,39,44H,14H2,1-6H3,(H,37,46)(H,41,45)/t22-,26-,27+,34+,36?/m0/s1. The monoisotopic (exact) mass is 679 g/mol. The Kier molecular flexibility index (Phi) is 7.16. The summed E-state index contributed by atoms with van der Waals surface area (Å²) in [6.45, 7) is 11.0. The highest BCUT2D eigenvalue weighted by molar-refractivity contribution is 5.90. The van der Waals surface area contributed by atoms with Gasteiger partial charge in [0.25, 0.3) is 5.89 Å². The number of ether oxygens (including phenoxy) is 1. The number of aliphatic hydroxyl groups is 1. The molecule has 0 radical (unpaired) electrons. The summed E-state index contributed by atoms with van der Waals surface area (Å²) < 4.78 is 25.2. The molecule has 5 atom stereocenters. The first-order valence-electron chi connectivity index (χ1n) is 16.6. The second-order valence-electron chi connectivity index (χ2n) is 14.5. The number of anilines is 1. The van der Waals surface area contributed by atoms with Crippen LogP contribution in [0.15, 0.2) is 62.0 Å². The van der Waals surface area contributed by atoms with Crippen molar-refractivity contribution < 1.29 is 32.7 Å². The second-order valence-corrected chi connectivity index (χ2v) is 14.5. The lowest BCUT2D eigenvalue weighted by molar-refractivity contribution is -0.136. The molecule has 0 saturated heterocycles. The third-order valence-electron chi connectivity index (χ3n) is 9.57. The Morgan fingerprint density at radius 2 is 1.84 bits per heavy atom. The first-order valence-corrected chi connectivity index (χ1v) is 16.6. The number of oxazole rings is 2. The van der Waals surface area contributed by atoms with Crippen LogP contribution in [0.4, 0.5) is 5.69 Å². The first-order chi connectivity index (χ1) is 23.8. The van der Waals surface area contributed by atoms with E-state index in [2.05, 4.69) is 26.1 Å². The predicted molar refractivity (Wildman–Crippen MR) is 178 cm³/mol. The zero-order valence-electron chi connectivity index (χ0n) is 28.4. The Balaban J connectivity index is 1.37. The molecule has 50 heavy (non-hydrogen) atoms. The van der Waals surface area contributed by atoms with E-state index in [1.807, 2.05) is 63.2 Å². The van der Waals surface area contributed by atoms with E-state index >= 15 is 0 Å². The molecule has 14 nitrogen and oxygen atoms in total. The van der Waals surface area contributed by atoms with E-state index in [1.54, 1.807) is 20.8 Å². The van der Waals surface area contributed by atoms with Crippen molar-refractivity contribution in [2.45, 2.75) is 77.8 Å². The summed E-state index contributed by atoms with van der Waals surface area (Å²) in [7, 11) is 0. The smallest absolute Gasteiger partial charge is 0.269 e. The average molecular weight is 680 g/mol. The number of amides is 2. The molecule has 1 unspecified atom stereocenters. The minimum atomic E-state index is -1.29. The third-order valence-corrected chi connectivity index (χ3v) is 9.57. The lowest BCUT2D eigenvalue weighted by atomic mass is 9.72. The zero-order chi connectivity index (χ0) is 35.1. The van der Waals surface area contributed by atoms with Gasteiger partial charge in [0.05, 0.1) is 0 Å². The van der Waals surface area contributed by atoms with Gasteiger partial charge in [0.2, 0.25) is 29.5 Å². The lowest BCUT2D eigenvalue weighted by Crippen LogP contribution is -2.53. The number of fused-ring (bicyclic) bond motifs is 4. The van der Waals surface area contributed by atoms with Gasteiger partial charge in [-0.25, -0.2) is 9.97 Å². The van der Waals surface area contributed by atoms with Crippen LogP contribution in [-0.2, 0) is 21.4 Å². The summed E-state index contributed by atoms with van der Waals surface area (Å²) >= 11 is 0. The highest BCUT2D eigenvalue weighted by Crippen LogP contribution is 2.59. The van der Waals surface area contributed by atoms with Gasteiger partial charge in [-0.3, -0.25) is 9.59 Å². The van der Waals surface area contributed by atoms with Crippen LogP contribution in [0.3, 0.4) is 0 Å². The first kappa shape index (κ1) is 31.7. The molecule has 258 valence electrons. The molecule has 0 aliphatic carbocycles. The van der Waals surface area contributed by atoms with Crippen LogP contribution in [0.25, 0.3) is 23.2 Å². The molecule has 6 heterocycles. The molecule has 8 rings (SSSR count). The quantitative estimate of drug-likeness (QED) is 0.205. The highest BCUT2D eigenvalue weighted by atomic mass is 16.5. The molecule has 3 aromatic heterocycles. The Labute approximate surface area is 287 Å². The van der Waals surface area contributed by atoms with E-state index in [1.165, 1.54) is 6.26 Å². The van der Waals surface area contributed by atoms with Crippen molar-refractivity contribution in [1.29, 1.82) is 0 Å². The van der Waals surface area contributed by atoms with Crippen molar-refractivity contribution in [1.82, 2.24) is 30.8 Å². The minimum Gasteiger partial charge on any atom is -0.469 e. The van der Waals surface area contributed by atoms with Gasteiger partial charge in [-0.2, -0.15) is 0 Å². The van der Waals surface area contributed by atoms with Gasteiger partial charge in [-0.1, -0.05) is 65.0 Å². The molecule has 5 aromatic rings. The Bertz CT molecular complexity index is 2140. The SMILES string of the molecule is Cc1nnc(-c2coc(-c3nc4oc3C35c6ccccc6N[C@@H]3Oc3ccc(cc35)C[C@H](NC(=O)[C@@H](O)C(C)C)C(=O)N[C@H]4C(C)(C)C)n2)o1. The maximum atomic E-state index is 14.2. The summed E-state index contributed by atoms with van der Waals surface area (Å²) in [5.74, 6) is 0.501. The fourth-order valence-corrected chi connectivity index (χ4v) is 7.00. The lowest BCUT2D eigenvalue weighted by Gasteiger charge is -2.32. The molecule has 14 heteroatoms. The molecular formula is C36H37N7O7. The Hall–Kier alpha value is -5.50. The third kappa shape index (κ3) is 4.88. The molecule has 1 spiro atoms. The van der Waals surface area contributed by atoms with Crippen molar-refractivity contribution in [2.75, 3.05) is 5.32 Å². The van der Waals surface area contributed by atoms with Crippen LogP contribution < -0.4 is 20.7 Å². The number of aromatic nitrogens is 4. The number of hydrogen-bond donors (Lipinski definition) is 4. The molecule has 0 fully saturated rings. The van der Waals surface area contributed by atoms with Gasteiger partial charge < -0.3 is 39.0 Å². The minimum absolute atomic E-state index is 0.143. The fraction of sp³-hybridized carbons (Fsp3) is 0.389. The van der Waals surface area contributed by atoms with E-state index in [-0.39, 0.29) is 30.0 Å². The molecule has 4 bridgehead atoms. The number of nitrogens with one attached hydrogen (secondary N) is 3. The van der Waals surface area contributed by atoms with Gasteiger partial charge >= 0.3 is 0 Å². The highest BCUT2D eigenvalue weighted by Gasteiger charge is 2.61. The van der Waals surface area contributed by atoms with Gasteiger partial charge in [0.15, 0.2) is 23.4 Å². The number of nitrogens with zero attached hydrogens (tertiary/aromatic N) is 4. The van der Waals surface area contributed by atoms with E-state index in [9.17, 15) is 14.7 Å². The molecule has 4 N–H and O–H groups in total. The number of aryl methyl sites for hydroxylation is 1. The number of carbonyl (C=O) groups is 2. The van der Waals surface area contributed by atoms with Crippen molar-refractivity contribution >= 4 is 17.5 Å². The average Bonchev–Trinajstić information content (AvgIpc) is 3.89. The fourth-order valence-electron chi connectivity index (χ4n) is 7.00. The van der Waals surface area contributed by atoms with Crippen LogP contribution in [0.5, 0.6) is 5.75 Å². The van der Waals surface area contributed by atoms with Gasteiger partial charge in [-0.15, -0.1) is 10.2 Å². The maximum absolute atomic E-state index is 14.2. The van der Waals surface area contributed by atoms with Crippen LogP contribution >= 0.6 is 0 Å². The number of carbonyl (C=O) groups excluding carboxylic acids is 2. The van der Waals surface area contributed by atoms with Crippen LogP contribution in [0.1, 0.15) is 74.9 Å². The second kappa shape index (κ2) is 11.3. The number of benzene rings is 2. The van der Waals surface area contributed by atoms with Gasteiger partial charge in [0.1, 0.15) is 35.6 Å². The molecule has 2 amide bonds. The molecular weight excluding hydrogens is 642 g/mol. The zero-order valence-corrected chi connectivity index (χ0v) is 28.4. The summed E-state index contributed by atoms with van der Waals surface area (Å²) in [6, 6.07) is 11.8. The van der Waals surface area contributed by atoms with Crippen LogP contribution in [0, 0.1) is 18.3 Å². The molecule has 3 aliphatic rings. The summed E-state index contributed by atoms with van der Waals surface area (Å²) in [5.41, 5.74) is 2.22. The van der Waals surface area contributed by atoms with E-state index < -0.39 is 47.1 Å². The number of hydrogen-bond acceptors (Lipinski definition) is 12. The van der Waals surface area contributed by atoms with E-state index in [0.717, 1.165) is 22.4 Å². The summed E-state index contributed by atoms with van der Waals surface area (Å²) in [4.78, 5) is 37.1. The van der Waals surface area contributed by atoms with Gasteiger partial charge in [0, 0.05) is 24.6 Å². The molecule has 3 aliphatic heterocycles. The van der Waals surface area contributed by atoms with Crippen molar-refractivity contribution in [3.8, 4) is 28.9 Å². The van der Waals surface area contributed by atoms with Crippen molar-refractivity contribution in [3.05, 3.63) is 83.0 Å². The topological polar surface area (TPSA) is 191 Å². The maximum Gasteiger partial charge on any atom is 0.269 e. The van der Waals surface area contributed by atoms with Crippen LogP contribution in [-0.4, -0.2) is 55.5 Å². The number of aliphatic hydroxyl groups excluding tert-OH is 1. The van der Waals surface area contributed by atoms with Crippen molar-refractivity contribution in [2.24, 2.45) is 11.3 Å². The summed E-state index contributed by atoms with van der Waals surface area (Å²) in [5, 5.41) is 28.0. The van der Waals surface area contributed by atoms with E-state index in [0.29, 0.717) is 28.8 Å². The Morgan fingerprint density at radius 3 is 2.58 bits per heavy atom. The van der Waals surface area contributed by atoms with Crippen molar-refractivity contribution in [3.63, 3.8) is 0 Å². The van der Waals surface area contributed by atoms with Gasteiger partial charge in [-0.05, 0) is 34.6 Å². The Morgan fingerprint density at radius 1 is 1.04 bits per heavy atom. The molecule has 0 saturated carbocycles. The van der Waals surface area contributed by atoms with Crippen LogP contribution in [0.2, 0.25) is 0 Å². The predicted octanol–water partition coefficient (Wildman–Crippen LogP) is 4.43. The normalized spacial score (nSPS) is 22.8. The molecule has 2 aromatic carbocycles. The summed E-state index contributed by atoms with van der Waals surface area (Å²) in [6.07, 6.45) is -0.363. The largest absolute Gasteiger partial charge is 0.469 e. The number of rotatable bonds is 5. The number of para-hydroxylation sites is 1. The van der Waals surface area contributed by atoms with E-state index in [4.69, 9.17) is 28.0 Å².